The Balaban J connectivity index is 0.00000225. The lowest BCUT2D eigenvalue weighted by Gasteiger charge is -2.32. The molecule has 1 saturated heterocycles. The average Bonchev–Trinajstić information content (AvgIpc) is 3.03. The van der Waals surface area contributed by atoms with Crippen LogP contribution in [0.1, 0.15) is 49.7 Å². The van der Waals surface area contributed by atoms with Crippen LogP contribution >= 0.6 is 24.0 Å². The molecule has 3 N–H and O–H groups in total. The third-order valence-corrected chi connectivity index (χ3v) is 4.97. The molecule has 0 radical (unpaired) electrons. The molecule has 0 bridgehead atoms. The lowest BCUT2D eigenvalue weighted by molar-refractivity contribution is 0.0135. The van der Waals surface area contributed by atoms with Crippen molar-refractivity contribution < 1.29 is 9.15 Å². The van der Waals surface area contributed by atoms with Crippen molar-refractivity contribution in [2.45, 2.75) is 51.1 Å². The molecule has 25 heavy (non-hydrogen) atoms. The number of nitrogens with zero attached hydrogens (tertiary/aromatic N) is 2. The fourth-order valence-electron chi connectivity index (χ4n) is 3.59. The van der Waals surface area contributed by atoms with Crippen LogP contribution in [-0.2, 0) is 4.74 Å². The van der Waals surface area contributed by atoms with E-state index in [-0.39, 0.29) is 30.0 Å². The van der Waals surface area contributed by atoms with E-state index < -0.39 is 0 Å². The first-order valence-electron chi connectivity index (χ1n) is 9.17. The standard InChI is InChI=1S/C18H30N4O2.HI/c1-14-7-8-17(24-14)16(22-9-11-23-12-10-22)13-20-18(19)21-15-5-3-2-4-6-15;/h7-8,15-16H,2-6,9-13H2,1H3,(H3,19,20,21);1H. The Morgan fingerprint density at radius 2 is 2.00 bits per heavy atom. The van der Waals surface area contributed by atoms with Crippen molar-refractivity contribution >= 4 is 29.9 Å². The Bertz CT molecular complexity index is 537. The van der Waals surface area contributed by atoms with Gasteiger partial charge in [-0.1, -0.05) is 19.3 Å². The molecule has 1 aromatic heterocycles. The molecule has 142 valence electrons. The van der Waals surface area contributed by atoms with Gasteiger partial charge in [0.05, 0.1) is 25.8 Å². The number of guanidine groups is 1. The number of rotatable bonds is 5. The third kappa shape index (κ3) is 6.14. The van der Waals surface area contributed by atoms with Gasteiger partial charge in [0.25, 0.3) is 0 Å². The van der Waals surface area contributed by atoms with E-state index in [0.717, 1.165) is 37.8 Å². The second-order valence-electron chi connectivity index (χ2n) is 6.82. The highest BCUT2D eigenvalue weighted by molar-refractivity contribution is 14.0. The lowest BCUT2D eigenvalue weighted by Crippen LogP contribution is -2.43. The molecule has 1 atom stereocenters. The quantitative estimate of drug-likeness (QED) is 0.400. The van der Waals surface area contributed by atoms with Crippen LogP contribution < -0.4 is 11.1 Å². The molecule has 1 saturated carbocycles. The van der Waals surface area contributed by atoms with Gasteiger partial charge in [-0.05, 0) is 31.9 Å². The van der Waals surface area contributed by atoms with Crippen LogP contribution in [-0.4, -0.2) is 49.7 Å². The Morgan fingerprint density at radius 1 is 1.28 bits per heavy atom. The maximum atomic E-state index is 6.13. The van der Waals surface area contributed by atoms with Gasteiger partial charge in [0.2, 0.25) is 0 Å². The van der Waals surface area contributed by atoms with Crippen molar-refractivity contribution in [3.63, 3.8) is 0 Å². The molecule has 1 aliphatic carbocycles. The van der Waals surface area contributed by atoms with Gasteiger partial charge < -0.3 is 20.2 Å². The van der Waals surface area contributed by atoms with Gasteiger partial charge in [-0.2, -0.15) is 0 Å². The minimum Gasteiger partial charge on any atom is -0.465 e. The highest BCUT2D eigenvalue weighted by Gasteiger charge is 2.25. The first-order valence-corrected chi connectivity index (χ1v) is 9.17. The molecule has 2 fully saturated rings. The molecule has 2 aliphatic rings. The molecule has 2 heterocycles. The van der Waals surface area contributed by atoms with Gasteiger partial charge in [-0.3, -0.25) is 9.89 Å². The number of halogens is 1. The van der Waals surface area contributed by atoms with Gasteiger partial charge in [0, 0.05) is 19.1 Å². The van der Waals surface area contributed by atoms with E-state index in [1.54, 1.807) is 0 Å². The Morgan fingerprint density at radius 3 is 2.64 bits per heavy atom. The largest absolute Gasteiger partial charge is 0.465 e. The Labute approximate surface area is 167 Å². The summed E-state index contributed by atoms with van der Waals surface area (Å²) in [6, 6.07) is 4.66. The van der Waals surface area contributed by atoms with Crippen molar-refractivity contribution in [3.8, 4) is 0 Å². The van der Waals surface area contributed by atoms with Gasteiger partial charge in [-0.25, -0.2) is 0 Å². The smallest absolute Gasteiger partial charge is 0.188 e. The predicted octanol–water partition coefficient (Wildman–Crippen LogP) is 2.82. The highest BCUT2D eigenvalue weighted by atomic mass is 127. The Kier molecular flexibility index (Phi) is 8.51. The van der Waals surface area contributed by atoms with E-state index in [2.05, 4.69) is 21.3 Å². The molecule has 7 heteroatoms. The molecule has 1 aliphatic heterocycles. The van der Waals surface area contributed by atoms with Gasteiger partial charge in [0.15, 0.2) is 5.96 Å². The molecule has 0 spiro atoms. The van der Waals surface area contributed by atoms with Crippen LogP contribution in [0.25, 0.3) is 0 Å². The zero-order chi connectivity index (χ0) is 16.8. The summed E-state index contributed by atoms with van der Waals surface area (Å²) in [5.41, 5.74) is 6.13. The zero-order valence-electron chi connectivity index (χ0n) is 15.1. The molecule has 6 nitrogen and oxygen atoms in total. The molecule has 0 amide bonds. The number of nitrogens with two attached hydrogens (primary N) is 1. The number of nitrogens with one attached hydrogen (secondary N) is 1. The van der Waals surface area contributed by atoms with Crippen LogP contribution in [0.2, 0.25) is 0 Å². The molecule has 0 aromatic carbocycles. The van der Waals surface area contributed by atoms with Crippen molar-refractivity contribution in [2.24, 2.45) is 10.7 Å². The highest BCUT2D eigenvalue weighted by Crippen LogP contribution is 2.24. The molecule has 1 unspecified atom stereocenters. The number of hydrogen-bond acceptors (Lipinski definition) is 4. The number of ether oxygens (including phenoxy) is 1. The van der Waals surface area contributed by atoms with Gasteiger partial charge in [-0.15, -0.1) is 24.0 Å². The molecule has 3 rings (SSSR count). The van der Waals surface area contributed by atoms with Crippen LogP contribution in [0, 0.1) is 6.92 Å². The molecule has 1 aromatic rings. The summed E-state index contributed by atoms with van der Waals surface area (Å²) in [5.74, 6) is 2.45. The molecular weight excluding hydrogens is 431 g/mol. The zero-order valence-corrected chi connectivity index (χ0v) is 17.4. The number of morpholine rings is 1. The second kappa shape index (κ2) is 10.4. The van der Waals surface area contributed by atoms with Crippen LogP contribution in [0.4, 0.5) is 0 Å². The minimum absolute atomic E-state index is 0. The minimum atomic E-state index is 0. The van der Waals surface area contributed by atoms with Crippen LogP contribution in [0.5, 0.6) is 0 Å². The van der Waals surface area contributed by atoms with E-state index in [4.69, 9.17) is 14.9 Å². The normalized spacial score (nSPS) is 21.6. The summed E-state index contributed by atoms with van der Waals surface area (Å²) >= 11 is 0. The van der Waals surface area contributed by atoms with E-state index in [1.807, 2.05) is 13.0 Å². The van der Waals surface area contributed by atoms with Crippen molar-refractivity contribution in [1.82, 2.24) is 10.2 Å². The third-order valence-electron chi connectivity index (χ3n) is 4.97. The summed E-state index contributed by atoms with van der Waals surface area (Å²) in [5, 5.41) is 3.39. The van der Waals surface area contributed by atoms with E-state index in [1.165, 1.54) is 32.1 Å². The van der Waals surface area contributed by atoms with Crippen LogP contribution in [0.15, 0.2) is 21.5 Å². The summed E-state index contributed by atoms with van der Waals surface area (Å²) in [6.07, 6.45) is 6.30. The topological polar surface area (TPSA) is 76.0 Å². The second-order valence-corrected chi connectivity index (χ2v) is 6.82. The molecular formula is C18H31IN4O2. The predicted molar refractivity (Wildman–Crippen MR) is 110 cm³/mol. The van der Waals surface area contributed by atoms with Crippen molar-refractivity contribution in [3.05, 3.63) is 23.7 Å². The van der Waals surface area contributed by atoms with Crippen LogP contribution in [0.3, 0.4) is 0 Å². The van der Waals surface area contributed by atoms with Crippen molar-refractivity contribution in [1.29, 1.82) is 0 Å². The van der Waals surface area contributed by atoms with E-state index in [0.29, 0.717) is 18.5 Å². The first-order chi connectivity index (χ1) is 11.7. The number of aliphatic imine (C=N–C) groups is 1. The van der Waals surface area contributed by atoms with Crippen molar-refractivity contribution in [2.75, 3.05) is 32.8 Å². The summed E-state index contributed by atoms with van der Waals surface area (Å²) < 4.78 is 11.3. The summed E-state index contributed by atoms with van der Waals surface area (Å²) in [6.45, 7) is 5.90. The maximum absolute atomic E-state index is 6.13. The number of furan rings is 1. The maximum Gasteiger partial charge on any atom is 0.188 e. The average molecular weight is 462 g/mol. The SMILES string of the molecule is Cc1ccc(C(CN=C(N)NC2CCCCC2)N2CCOCC2)o1.I. The lowest BCUT2D eigenvalue weighted by atomic mass is 9.96. The fraction of sp³-hybridized carbons (Fsp3) is 0.722. The number of hydrogen-bond donors (Lipinski definition) is 2. The monoisotopic (exact) mass is 462 g/mol. The number of aryl methyl sites for hydroxylation is 1. The van der Waals surface area contributed by atoms with E-state index >= 15 is 0 Å². The summed E-state index contributed by atoms with van der Waals surface area (Å²) in [7, 11) is 0. The Hall–Kier alpha value is -0.800. The fourth-order valence-corrected chi connectivity index (χ4v) is 3.59. The van der Waals surface area contributed by atoms with Gasteiger partial charge >= 0.3 is 0 Å². The summed E-state index contributed by atoms with van der Waals surface area (Å²) in [4.78, 5) is 6.99. The van der Waals surface area contributed by atoms with Gasteiger partial charge in [0.1, 0.15) is 11.5 Å². The first kappa shape index (κ1) is 20.5. The van der Waals surface area contributed by atoms with E-state index in [9.17, 15) is 0 Å².